The van der Waals surface area contributed by atoms with Gasteiger partial charge in [0, 0.05) is 6.04 Å². The molecule has 4 unspecified atom stereocenters. The first-order chi connectivity index (χ1) is 7.11. The zero-order chi connectivity index (χ0) is 11.0. The molecule has 0 radical (unpaired) electrons. The molecule has 1 aliphatic heterocycles. The molecule has 1 aliphatic carbocycles. The van der Waals surface area contributed by atoms with E-state index in [2.05, 4.69) is 18.3 Å². The van der Waals surface area contributed by atoms with Crippen molar-refractivity contribution >= 4 is 0 Å². The van der Waals surface area contributed by atoms with Crippen LogP contribution in [0, 0.1) is 5.92 Å². The Labute approximate surface area is 91.1 Å². The summed E-state index contributed by atoms with van der Waals surface area (Å²) in [4.78, 5) is 0. The summed E-state index contributed by atoms with van der Waals surface area (Å²) in [6.45, 7) is 6.21. The lowest BCUT2D eigenvalue weighted by Gasteiger charge is -2.25. The first kappa shape index (κ1) is 10.7. The summed E-state index contributed by atoms with van der Waals surface area (Å²) in [7, 11) is 1.98. The van der Waals surface area contributed by atoms with Gasteiger partial charge in [-0.25, -0.2) is 0 Å². The molecular weight excluding hydrogens is 190 g/mol. The van der Waals surface area contributed by atoms with Crippen LogP contribution in [0.3, 0.4) is 0 Å². The molecule has 1 heterocycles. The van der Waals surface area contributed by atoms with E-state index in [9.17, 15) is 0 Å². The minimum atomic E-state index is -0.208. The lowest BCUT2D eigenvalue weighted by molar-refractivity contribution is -0.119. The molecule has 0 amide bonds. The number of likely N-dealkylation sites (N-methyl/N-ethyl adjacent to an activating group) is 1. The zero-order valence-electron chi connectivity index (χ0n) is 9.78. The molecule has 0 bridgehead atoms. The summed E-state index contributed by atoms with van der Waals surface area (Å²) in [5.74, 6) is 1.56. The van der Waals surface area contributed by atoms with Crippen LogP contribution in [0.2, 0.25) is 0 Å². The van der Waals surface area contributed by atoms with E-state index in [1.807, 2.05) is 27.0 Å². The zero-order valence-corrected chi connectivity index (χ0v) is 9.78. The van der Waals surface area contributed by atoms with E-state index in [0.717, 1.165) is 5.76 Å². The van der Waals surface area contributed by atoms with E-state index in [1.165, 1.54) is 5.57 Å². The molecule has 15 heavy (non-hydrogen) atoms. The maximum absolute atomic E-state index is 5.65. The van der Waals surface area contributed by atoms with Gasteiger partial charge < -0.3 is 14.8 Å². The summed E-state index contributed by atoms with van der Waals surface area (Å²) in [5, 5.41) is 3.26. The van der Waals surface area contributed by atoms with E-state index in [4.69, 9.17) is 9.47 Å². The SMILES string of the molecule is CNC1/C(=C\C2OC(C)=CC(C)O2)C1C. The predicted octanol–water partition coefficient (Wildman–Crippen LogP) is 1.82. The Morgan fingerprint density at radius 1 is 1.40 bits per heavy atom. The first-order valence-corrected chi connectivity index (χ1v) is 5.51. The van der Waals surface area contributed by atoms with Gasteiger partial charge in [-0.2, -0.15) is 0 Å². The molecular formula is C12H19NO2. The van der Waals surface area contributed by atoms with Gasteiger partial charge in [0.15, 0.2) is 0 Å². The number of ether oxygens (including phenoxy) is 2. The minimum absolute atomic E-state index is 0.141. The molecule has 3 nitrogen and oxygen atoms in total. The summed E-state index contributed by atoms with van der Waals surface area (Å²) >= 11 is 0. The monoisotopic (exact) mass is 209 g/mol. The Balaban J connectivity index is 2.00. The molecule has 0 saturated heterocycles. The van der Waals surface area contributed by atoms with Crippen molar-refractivity contribution in [2.75, 3.05) is 7.05 Å². The van der Waals surface area contributed by atoms with Gasteiger partial charge in [-0.3, -0.25) is 0 Å². The Morgan fingerprint density at radius 3 is 2.67 bits per heavy atom. The minimum Gasteiger partial charge on any atom is -0.466 e. The third-order valence-corrected chi connectivity index (χ3v) is 3.04. The fraction of sp³-hybridized carbons (Fsp3) is 0.667. The highest BCUT2D eigenvalue weighted by molar-refractivity contribution is 5.34. The highest BCUT2D eigenvalue weighted by Crippen LogP contribution is 2.38. The Kier molecular flexibility index (Phi) is 2.85. The van der Waals surface area contributed by atoms with Gasteiger partial charge in [0.1, 0.15) is 0 Å². The molecule has 2 aliphatic rings. The Bertz CT molecular complexity index is 309. The average molecular weight is 209 g/mol. The van der Waals surface area contributed by atoms with E-state index in [1.54, 1.807) is 0 Å². The first-order valence-electron chi connectivity index (χ1n) is 5.51. The van der Waals surface area contributed by atoms with Gasteiger partial charge in [0.25, 0.3) is 0 Å². The lowest BCUT2D eigenvalue weighted by Crippen LogP contribution is -2.24. The molecule has 3 heteroatoms. The molecule has 1 N–H and O–H groups in total. The fourth-order valence-corrected chi connectivity index (χ4v) is 2.15. The molecule has 0 aromatic carbocycles. The van der Waals surface area contributed by atoms with Gasteiger partial charge >= 0.3 is 0 Å². The normalized spacial score (nSPS) is 42.4. The van der Waals surface area contributed by atoms with Crippen LogP contribution < -0.4 is 5.32 Å². The quantitative estimate of drug-likeness (QED) is 0.704. The van der Waals surface area contributed by atoms with Crippen molar-refractivity contribution in [1.29, 1.82) is 0 Å². The highest BCUT2D eigenvalue weighted by atomic mass is 16.7. The molecule has 0 spiro atoms. The second kappa shape index (κ2) is 3.99. The summed E-state index contributed by atoms with van der Waals surface area (Å²) < 4.78 is 11.2. The molecule has 0 aromatic heterocycles. The number of rotatable bonds is 2. The largest absolute Gasteiger partial charge is 0.466 e. The van der Waals surface area contributed by atoms with Crippen LogP contribution in [0.15, 0.2) is 23.5 Å². The second-order valence-corrected chi connectivity index (χ2v) is 4.33. The van der Waals surface area contributed by atoms with E-state index in [0.29, 0.717) is 12.0 Å². The van der Waals surface area contributed by atoms with Crippen molar-refractivity contribution in [2.24, 2.45) is 5.92 Å². The van der Waals surface area contributed by atoms with E-state index < -0.39 is 0 Å². The fourth-order valence-electron chi connectivity index (χ4n) is 2.15. The van der Waals surface area contributed by atoms with Gasteiger partial charge in [0.2, 0.25) is 6.29 Å². The van der Waals surface area contributed by atoms with Crippen molar-refractivity contribution < 1.29 is 9.47 Å². The molecule has 1 fully saturated rings. The summed E-state index contributed by atoms with van der Waals surface area (Å²) in [6, 6.07) is 0.513. The van der Waals surface area contributed by atoms with Crippen LogP contribution in [-0.2, 0) is 9.47 Å². The van der Waals surface area contributed by atoms with Crippen LogP contribution >= 0.6 is 0 Å². The third-order valence-electron chi connectivity index (χ3n) is 3.04. The van der Waals surface area contributed by atoms with E-state index in [-0.39, 0.29) is 12.4 Å². The number of hydrogen-bond acceptors (Lipinski definition) is 3. The molecule has 0 aromatic rings. The standard InChI is InChI=1S/C12H19NO2/c1-7-5-8(2)15-11(14-7)6-10-9(3)12(10)13-4/h5-7,9,11-13H,1-4H3/b10-6-. The number of nitrogens with one attached hydrogen (secondary N) is 1. The Morgan fingerprint density at radius 2 is 2.13 bits per heavy atom. The topological polar surface area (TPSA) is 30.5 Å². The average Bonchev–Trinajstić information content (AvgIpc) is 2.74. The van der Waals surface area contributed by atoms with Crippen LogP contribution in [0.5, 0.6) is 0 Å². The number of hydrogen-bond donors (Lipinski definition) is 1. The van der Waals surface area contributed by atoms with Crippen LogP contribution in [-0.4, -0.2) is 25.5 Å². The number of allylic oxidation sites excluding steroid dienone is 1. The van der Waals surface area contributed by atoms with Crippen LogP contribution in [0.25, 0.3) is 0 Å². The lowest BCUT2D eigenvalue weighted by atomic mass is 10.3. The van der Waals surface area contributed by atoms with Gasteiger partial charge in [0.05, 0.1) is 11.9 Å². The van der Waals surface area contributed by atoms with Gasteiger partial charge in [-0.05, 0) is 44.5 Å². The highest BCUT2D eigenvalue weighted by Gasteiger charge is 2.39. The molecule has 84 valence electrons. The molecule has 1 saturated carbocycles. The second-order valence-electron chi connectivity index (χ2n) is 4.33. The van der Waals surface area contributed by atoms with E-state index >= 15 is 0 Å². The van der Waals surface area contributed by atoms with Crippen LogP contribution in [0.1, 0.15) is 20.8 Å². The summed E-state index contributed by atoms with van der Waals surface area (Å²) in [6.07, 6.45) is 4.02. The van der Waals surface area contributed by atoms with Gasteiger partial charge in [-0.1, -0.05) is 6.92 Å². The molecule has 4 atom stereocenters. The van der Waals surface area contributed by atoms with Crippen molar-refractivity contribution in [3.05, 3.63) is 23.5 Å². The van der Waals surface area contributed by atoms with Crippen molar-refractivity contribution in [3.63, 3.8) is 0 Å². The van der Waals surface area contributed by atoms with Crippen molar-refractivity contribution in [1.82, 2.24) is 5.32 Å². The smallest absolute Gasteiger partial charge is 0.220 e. The Hall–Kier alpha value is -0.800. The van der Waals surface area contributed by atoms with Crippen molar-refractivity contribution in [2.45, 2.75) is 39.2 Å². The van der Waals surface area contributed by atoms with Crippen LogP contribution in [0.4, 0.5) is 0 Å². The molecule has 2 rings (SSSR count). The predicted molar refractivity (Wildman–Crippen MR) is 59.3 cm³/mol. The van der Waals surface area contributed by atoms with Gasteiger partial charge in [-0.15, -0.1) is 0 Å². The van der Waals surface area contributed by atoms with Crippen molar-refractivity contribution in [3.8, 4) is 0 Å². The third kappa shape index (κ3) is 2.24. The summed E-state index contributed by atoms with van der Waals surface area (Å²) in [5.41, 5.74) is 1.39. The maximum Gasteiger partial charge on any atom is 0.220 e. The maximum atomic E-state index is 5.65.